The molecule has 1 saturated heterocycles. The Morgan fingerprint density at radius 2 is 1.70 bits per heavy atom. The summed E-state index contributed by atoms with van der Waals surface area (Å²) >= 11 is 0. The van der Waals surface area contributed by atoms with Crippen molar-refractivity contribution in [3.8, 4) is 11.1 Å². The molecule has 0 aliphatic carbocycles. The lowest BCUT2D eigenvalue weighted by Crippen LogP contribution is -2.30. The van der Waals surface area contributed by atoms with Crippen molar-refractivity contribution >= 4 is 5.69 Å². The highest BCUT2D eigenvalue weighted by Gasteiger charge is 2.13. The van der Waals surface area contributed by atoms with Crippen LogP contribution in [0.4, 0.5) is 5.69 Å². The standard InChI is InChI=1S/C17H19NO2/c1-2-4-14(5-3-1)15-6-8-16(9-7-15)18-12-17-10-11-19-13-20-17/h1-9,17-18H,10-13H2. The molecule has 3 heteroatoms. The molecule has 0 aromatic heterocycles. The Labute approximate surface area is 119 Å². The van der Waals surface area contributed by atoms with Crippen LogP contribution in [0.25, 0.3) is 11.1 Å². The average Bonchev–Trinajstić information content (AvgIpc) is 2.55. The van der Waals surface area contributed by atoms with Crippen LogP contribution >= 0.6 is 0 Å². The lowest BCUT2D eigenvalue weighted by Gasteiger charge is -2.23. The fourth-order valence-electron chi connectivity index (χ4n) is 2.31. The van der Waals surface area contributed by atoms with Crippen molar-refractivity contribution in [3.05, 3.63) is 54.6 Å². The molecule has 1 aliphatic heterocycles. The molecule has 1 heterocycles. The van der Waals surface area contributed by atoms with E-state index in [9.17, 15) is 0 Å². The molecule has 0 bridgehead atoms. The number of nitrogens with one attached hydrogen (secondary N) is 1. The van der Waals surface area contributed by atoms with Crippen molar-refractivity contribution in [2.45, 2.75) is 12.5 Å². The second-order valence-corrected chi connectivity index (χ2v) is 4.93. The number of hydrogen-bond acceptors (Lipinski definition) is 3. The maximum atomic E-state index is 5.51. The first-order valence-electron chi connectivity index (χ1n) is 7.00. The molecule has 0 saturated carbocycles. The smallest absolute Gasteiger partial charge is 0.147 e. The van der Waals surface area contributed by atoms with Crippen LogP contribution < -0.4 is 5.32 Å². The van der Waals surface area contributed by atoms with Gasteiger partial charge in [-0.05, 0) is 29.7 Å². The van der Waals surface area contributed by atoms with Crippen molar-refractivity contribution in [2.75, 3.05) is 25.3 Å². The molecule has 1 N–H and O–H groups in total. The highest BCUT2D eigenvalue weighted by Crippen LogP contribution is 2.21. The first kappa shape index (κ1) is 13.2. The quantitative estimate of drug-likeness (QED) is 0.921. The van der Waals surface area contributed by atoms with Crippen LogP contribution in [-0.2, 0) is 9.47 Å². The van der Waals surface area contributed by atoms with Crippen LogP contribution in [0.3, 0.4) is 0 Å². The lowest BCUT2D eigenvalue weighted by molar-refractivity contribution is -0.133. The summed E-state index contributed by atoms with van der Waals surface area (Å²) in [7, 11) is 0. The van der Waals surface area contributed by atoms with Crippen molar-refractivity contribution < 1.29 is 9.47 Å². The van der Waals surface area contributed by atoms with Gasteiger partial charge >= 0.3 is 0 Å². The first-order valence-corrected chi connectivity index (χ1v) is 7.00. The molecule has 0 spiro atoms. The molecular formula is C17H19NO2. The summed E-state index contributed by atoms with van der Waals surface area (Å²) in [6, 6.07) is 18.9. The number of anilines is 1. The molecule has 1 unspecified atom stereocenters. The van der Waals surface area contributed by atoms with Crippen LogP contribution in [-0.4, -0.2) is 26.0 Å². The van der Waals surface area contributed by atoms with Crippen LogP contribution in [0.15, 0.2) is 54.6 Å². The molecule has 0 amide bonds. The van der Waals surface area contributed by atoms with Gasteiger partial charge < -0.3 is 14.8 Å². The molecule has 1 atom stereocenters. The van der Waals surface area contributed by atoms with E-state index in [0.717, 1.165) is 25.3 Å². The third kappa shape index (κ3) is 3.38. The minimum atomic E-state index is 0.248. The molecular weight excluding hydrogens is 250 g/mol. The Hall–Kier alpha value is -1.84. The Bertz CT molecular complexity index is 518. The van der Waals surface area contributed by atoms with E-state index >= 15 is 0 Å². The van der Waals surface area contributed by atoms with E-state index < -0.39 is 0 Å². The normalized spacial score (nSPS) is 18.7. The van der Waals surface area contributed by atoms with Gasteiger partial charge in [0.2, 0.25) is 0 Å². The number of benzene rings is 2. The van der Waals surface area contributed by atoms with E-state index in [1.807, 2.05) is 6.07 Å². The van der Waals surface area contributed by atoms with E-state index in [2.05, 4.69) is 53.8 Å². The topological polar surface area (TPSA) is 30.5 Å². The molecule has 1 aliphatic rings. The zero-order valence-electron chi connectivity index (χ0n) is 11.4. The van der Waals surface area contributed by atoms with Crippen molar-refractivity contribution in [3.63, 3.8) is 0 Å². The molecule has 20 heavy (non-hydrogen) atoms. The molecule has 1 fully saturated rings. The predicted molar refractivity (Wildman–Crippen MR) is 80.7 cm³/mol. The molecule has 0 radical (unpaired) electrons. The maximum absolute atomic E-state index is 5.51. The maximum Gasteiger partial charge on any atom is 0.147 e. The molecule has 3 nitrogen and oxygen atoms in total. The average molecular weight is 269 g/mol. The second-order valence-electron chi connectivity index (χ2n) is 4.93. The second kappa shape index (κ2) is 6.55. The van der Waals surface area contributed by atoms with Gasteiger partial charge in [0, 0.05) is 12.2 Å². The minimum absolute atomic E-state index is 0.248. The van der Waals surface area contributed by atoms with E-state index in [-0.39, 0.29) is 6.10 Å². The number of rotatable bonds is 4. The summed E-state index contributed by atoms with van der Waals surface area (Å²) in [5.41, 5.74) is 3.60. The van der Waals surface area contributed by atoms with E-state index in [1.165, 1.54) is 11.1 Å². The summed E-state index contributed by atoms with van der Waals surface area (Å²) in [5, 5.41) is 3.41. The van der Waals surface area contributed by atoms with Gasteiger partial charge in [0.05, 0.1) is 12.7 Å². The predicted octanol–water partition coefficient (Wildman–Crippen LogP) is 3.53. The van der Waals surface area contributed by atoms with Gasteiger partial charge in [0.1, 0.15) is 6.79 Å². The Balaban J connectivity index is 1.58. The SMILES string of the molecule is c1ccc(-c2ccc(NCC3CCOCO3)cc2)cc1. The fourth-order valence-corrected chi connectivity index (χ4v) is 2.31. The van der Waals surface area contributed by atoms with E-state index in [1.54, 1.807) is 0 Å². The van der Waals surface area contributed by atoms with E-state index in [0.29, 0.717) is 6.79 Å². The third-order valence-electron chi connectivity index (χ3n) is 3.50. The van der Waals surface area contributed by atoms with Gasteiger partial charge in [-0.15, -0.1) is 0 Å². The van der Waals surface area contributed by atoms with Crippen LogP contribution in [0, 0.1) is 0 Å². The fraction of sp³-hybridized carbons (Fsp3) is 0.294. The number of ether oxygens (including phenoxy) is 2. The monoisotopic (exact) mass is 269 g/mol. The van der Waals surface area contributed by atoms with Crippen LogP contribution in [0.1, 0.15) is 6.42 Å². The largest absolute Gasteiger partial charge is 0.382 e. The van der Waals surface area contributed by atoms with Crippen molar-refractivity contribution in [1.82, 2.24) is 0 Å². The molecule has 104 valence electrons. The van der Waals surface area contributed by atoms with Gasteiger partial charge in [-0.2, -0.15) is 0 Å². The summed E-state index contributed by atoms with van der Waals surface area (Å²) in [4.78, 5) is 0. The van der Waals surface area contributed by atoms with Gasteiger partial charge in [-0.25, -0.2) is 0 Å². The van der Waals surface area contributed by atoms with Gasteiger partial charge in [0.15, 0.2) is 0 Å². The Morgan fingerprint density at radius 1 is 0.950 bits per heavy atom. The van der Waals surface area contributed by atoms with E-state index in [4.69, 9.17) is 9.47 Å². The molecule has 3 rings (SSSR count). The van der Waals surface area contributed by atoms with Crippen LogP contribution in [0.5, 0.6) is 0 Å². The van der Waals surface area contributed by atoms with Crippen LogP contribution in [0.2, 0.25) is 0 Å². The minimum Gasteiger partial charge on any atom is -0.382 e. The summed E-state index contributed by atoms with van der Waals surface area (Å²) in [5.74, 6) is 0. The van der Waals surface area contributed by atoms with Gasteiger partial charge in [-0.3, -0.25) is 0 Å². The van der Waals surface area contributed by atoms with Gasteiger partial charge in [0.25, 0.3) is 0 Å². The lowest BCUT2D eigenvalue weighted by atomic mass is 10.1. The first-order chi connectivity index (χ1) is 9.92. The molecule has 2 aromatic carbocycles. The highest BCUT2D eigenvalue weighted by molar-refractivity contribution is 5.65. The third-order valence-corrected chi connectivity index (χ3v) is 3.50. The summed E-state index contributed by atoms with van der Waals surface area (Å²) < 4.78 is 10.7. The molecule has 2 aromatic rings. The summed E-state index contributed by atoms with van der Waals surface area (Å²) in [6.45, 7) is 2.03. The zero-order valence-corrected chi connectivity index (χ0v) is 11.4. The van der Waals surface area contributed by atoms with Crippen molar-refractivity contribution in [2.24, 2.45) is 0 Å². The Morgan fingerprint density at radius 3 is 2.40 bits per heavy atom. The van der Waals surface area contributed by atoms with Gasteiger partial charge in [-0.1, -0.05) is 42.5 Å². The van der Waals surface area contributed by atoms with Crippen molar-refractivity contribution in [1.29, 1.82) is 0 Å². The highest BCUT2D eigenvalue weighted by atomic mass is 16.7. The summed E-state index contributed by atoms with van der Waals surface area (Å²) in [6.07, 6.45) is 1.20. The number of hydrogen-bond donors (Lipinski definition) is 1. The Kier molecular flexibility index (Phi) is 4.31. The zero-order chi connectivity index (χ0) is 13.6.